The van der Waals surface area contributed by atoms with E-state index in [2.05, 4.69) is 15.0 Å². The van der Waals surface area contributed by atoms with Crippen LogP contribution in [-0.2, 0) is 16.1 Å². The number of nitrogens with zero attached hydrogens (tertiary/aromatic N) is 2. The second-order valence-electron chi connectivity index (χ2n) is 4.08. The van der Waals surface area contributed by atoms with Crippen LogP contribution in [0.3, 0.4) is 0 Å². The Labute approximate surface area is 125 Å². The summed E-state index contributed by atoms with van der Waals surface area (Å²) in [6.07, 6.45) is 0. The maximum atomic E-state index is 11.9. The van der Waals surface area contributed by atoms with Crippen LogP contribution in [0.2, 0.25) is 0 Å². The largest absolute Gasteiger partial charge is 0.477 e. The van der Waals surface area contributed by atoms with Crippen LogP contribution >= 0.6 is 11.3 Å². The fourth-order valence-corrected chi connectivity index (χ4v) is 2.38. The van der Waals surface area contributed by atoms with Gasteiger partial charge in [0.1, 0.15) is 16.4 Å². The molecule has 21 heavy (non-hydrogen) atoms. The number of ether oxygens (including phenoxy) is 1. The lowest BCUT2D eigenvalue weighted by molar-refractivity contribution is -0.141. The number of carboxylic acids is 1. The standard InChI is InChI=1S/C12H17N3O5S/c1-4-15(6-9(16)20-3)12(19)13-5-8-14-7(2)10(21-8)11(17)18/h4-6H2,1-3H3,(H,13,19)(H,17,18). The fourth-order valence-electron chi connectivity index (χ4n) is 1.54. The molecule has 0 aliphatic carbocycles. The first-order valence-corrected chi connectivity index (χ1v) is 6.99. The highest BCUT2D eigenvalue weighted by molar-refractivity contribution is 7.13. The van der Waals surface area contributed by atoms with Crippen molar-refractivity contribution in [2.24, 2.45) is 0 Å². The van der Waals surface area contributed by atoms with Gasteiger partial charge in [-0.1, -0.05) is 0 Å². The smallest absolute Gasteiger partial charge is 0.347 e. The molecule has 0 aliphatic rings. The van der Waals surface area contributed by atoms with Crippen molar-refractivity contribution >= 4 is 29.3 Å². The topological polar surface area (TPSA) is 109 Å². The van der Waals surface area contributed by atoms with Gasteiger partial charge in [0.05, 0.1) is 19.3 Å². The van der Waals surface area contributed by atoms with Gasteiger partial charge < -0.3 is 20.1 Å². The molecule has 1 heterocycles. The van der Waals surface area contributed by atoms with E-state index >= 15 is 0 Å². The summed E-state index contributed by atoms with van der Waals surface area (Å²) in [5.74, 6) is -1.55. The number of aromatic carboxylic acids is 1. The van der Waals surface area contributed by atoms with Crippen molar-refractivity contribution in [3.05, 3.63) is 15.6 Å². The lowest BCUT2D eigenvalue weighted by Gasteiger charge is -2.19. The molecule has 116 valence electrons. The average molecular weight is 315 g/mol. The Morgan fingerprint density at radius 2 is 2.10 bits per heavy atom. The van der Waals surface area contributed by atoms with E-state index in [9.17, 15) is 14.4 Å². The summed E-state index contributed by atoms with van der Waals surface area (Å²) in [5.41, 5.74) is 0.415. The van der Waals surface area contributed by atoms with Crippen LogP contribution < -0.4 is 5.32 Å². The molecule has 0 saturated carbocycles. The third-order valence-corrected chi connectivity index (χ3v) is 3.79. The molecule has 8 nitrogen and oxygen atoms in total. The number of amides is 2. The molecule has 0 fully saturated rings. The van der Waals surface area contributed by atoms with Crippen LogP contribution in [0.15, 0.2) is 0 Å². The monoisotopic (exact) mass is 315 g/mol. The predicted molar refractivity (Wildman–Crippen MR) is 75.3 cm³/mol. The summed E-state index contributed by atoms with van der Waals surface area (Å²) in [5, 5.41) is 12.0. The molecule has 9 heteroatoms. The van der Waals surface area contributed by atoms with Gasteiger partial charge in [-0.05, 0) is 13.8 Å². The van der Waals surface area contributed by atoms with Crippen molar-refractivity contribution in [2.45, 2.75) is 20.4 Å². The number of carbonyl (C=O) groups is 3. The van der Waals surface area contributed by atoms with Gasteiger partial charge in [0.15, 0.2) is 0 Å². The number of nitrogens with one attached hydrogen (secondary N) is 1. The number of aryl methyl sites for hydroxylation is 1. The van der Waals surface area contributed by atoms with Crippen molar-refractivity contribution in [1.29, 1.82) is 0 Å². The Balaban J connectivity index is 2.61. The van der Waals surface area contributed by atoms with Gasteiger partial charge in [0, 0.05) is 6.54 Å². The lowest BCUT2D eigenvalue weighted by Crippen LogP contribution is -2.42. The highest BCUT2D eigenvalue weighted by Gasteiger charge is 2.17. The normalized spacial score (nSPS) is 10.0. The number of carboxylic acid groups (broad SMARTS) is 1. The average Bonchev–Trinajstić information content (AvgIpc) is 2.83. The summed E-state index contributed by atoms with van der Waals surface area (Å²) < 4.78 is 4.50. The summed E-state index contributed by atoms with van der Waals surface area (Å²) in [6, 6.07) is -0.437. The van der Waals surface area contributed by atoms with E-state index in [0.717, 1.165) is 11.3 Å². The van der Waals surface area contributed by atoms with Gasteiger partial charge in [0.2, 0.25) is 0 Å². The minimum absolute atomic E-state index is 0.106. The summed E-state index contributed by atoms with van der Waals surface area (Å²) >= 11 is 1.01. The Morgan fingerprint density at radius 3 is 2.57 bits per heavy atom. The van der Waals surface area contributed by atoms with Gasteiger partial charge in [0.25, 0.3) is 0 Å². The van der Waals surface area contributed by atoms with Gasteiger partial charge in [-0.2, -0.15) is 0 Å². The second kappa shape index (κ2) is 7.58. The number of methoxy groups -OCH3 is 1. The van der Waals surface area contributed by atoms with Crippen LogP contribution in [0.1, 0.15) is 27.3 Å². The third kappa shape index (κ3) is 4.71. The van der Waals surface area contributed by atoms with Crippen LogP contribution in [0.25, 0.3) is 0 Å². The van der Waals surface area contributed by atoms with Gasteiger partial charge in [-0.25, -0.2) is 14.6 Å². The number of carbonyl (C=O) groups excluding carboxylic acids is 2. The highest BCUT2D eigenvalue weighted by Crippen LogP contribution is 2.17. The van der Waals surface area contributed by atoms with E-state index in [-0.39, 0.29) is 18.0 Å². The van der Waals surface area contributed by atoms with Crippen molar-refractivity contribution in [3.63, 3.8) is 0 Å². The molecule has 0 spiro atoms. The van der Waals surface area contributed by atoms with Crippen LogP contribution in [0, 0.1) is 6.92 Å². The molecule has 1 rings (SSSR count). The van der Waals surface area contributed by atoms with E-state index < -0.39 is 18.0 Å². The van der Waals surface area contributed by atoms with E-state index in [1.54, 1.807) is 13.8 Å². The van der Waals surface area contributed by atoms with E-state index in [1.807, 2.05) is 0 Å². The molecule has 1 aromatic heterocycles. The first-order chi connectivity index (χ1) is 9.88. The fraction of sp³-hybridized carbons (Fsp3) is 0.500. The molecule has 0 unspecified atom stereocenters. The predicted octanol–water partition coefficient (Wildman–Crippen LogP) is 0.854. The maximum Gasteiger partial charge on any atom is 0.347 e. The molecule has 0 aliphatic heterocycles. The van der Waals surface area contributed by atoms with Crippen molar-refractivity contribution in [3.8, 4) is 0 Å². The minimum atomic E-state index is -1.04. The number of urea groups is 1. The zero-order chi connectivity index (χ0) is 16.0. The molecule has 2 amide bonds. The first-order valence-electron chi connectivity index (χ1n) is 6.18. The Hall–Kier alpha value is -2.16. The molecule has 0 saturated heterocycles. The van der Waals surface area contributed by atoms with Crippen molar-refractivity contribution in [1.82, 2.24) is 15.2 Å². The number of hydrogen-bond donors (Lipinski definition) is 2. The lowest BCUT2D eigenvalue weighted by atomic mass is 10.4. The zero-order valence-corrected chi connectivity index (χ0v) is 12.8. The molecular formula is C12H17N3O5S. The number of rotatable bonds is 6. The Bertz CT molecular complexity index is 543. The highest BCUT2D eigenvalue weighted by atomic mass is 32.1. The van der Waals surface area contributed by atoms with Crippen LogP contribution in [0.5, 0.6) is 0 Å². The molecule has 0 bridgehead atoms. The SMILES string of the molecule is CCN(CC(=O)OC)C(=O)NCc1nc(C)c(C(=O)O)s1. The Morgan fingerprint density at radius 1 is 1.43 bits per heavy atom. The minimum Gasteiger partial charge on any atom is -0.477 e. The summed E-state index contributed by atoms with van der Waals surface area (Å²) in [7, 11) is 1.25. The summed E-state index contributed by atoms with van der Waals surface area (Å²) in [6.45, 7) is 3.64. The Kier molecular flexibility index (Phi) is 6.10. The van der Waals surface area contributed by atoms with Crippen LogP contribution in [0.4, 0.5) is 4.79 Å². The third-order valence-electron chi connectivity index (χ3n) is 2.64. The first kappa shape index (κ1) is 16.9. The number of esters is 1. The molecule has 0 radical (unpaired) electrons. The molecule has 0 aromatic carbocycles. The second-order valence-corrected chi connectivity index (χ2v) is 5.16. The van der Waals surface area contributed by atoms with Gasteiger partial charge >= 0.3 is 18.0 Å². The summed E-state index contributed by atoms with van der Waals surface area (Å²) in [4.78, 5) is 39.5. The van der Waals surface area contributed by atoms with Crippen molar-refractivity contribution < 1.29 is 24.2 Å². The quantitative estimate of drug-likeness (QED) is 0.753. The van der Waals surface area contributed by atoms with Crippen LogP contribution in [-0.4, -0.2) is 53.2 Å². The van der Waals surface area contributed by atoms with Gasteiger partial charge in [-0.3, -0.25) is 4.79 Å². The molecule has 2 N–H and O–H groups in total. The maximum absolute atomic E-state index is 11.9. The van der Waals surface area contributed by atoms with E-state index in [1.165, 1.54) is 12.0 Å². The van der Waals surface area contributed by atoms with Gasteiger partial charge in [-0.15, -0.1) is 11.3 Å². The number of hydrogen-bond acceptors (Lipinski definition) is 6. The molecule has 1 aromatic rings. The molecular weight excluding hydrogens is 298 g/mol. The molecule has 0 atom stereocenters. The zero-order valence-electron chi connectivity index (χ0n) is 12.0. The van der Waals surface area contributed by atoms with E-state index in [0.29, 0.717) is 17.2 Å². The number of thiazole rings is 1. The van der Waals surface area contributed by atoms with E-state index in [4.69, 9.17) is 5.11 Å². The van der Waals surface area contributed by atoms with Crippen molar-refractivity contribution in [2.75, 3.05) is 20.2 Å². The number of likely N-dealkylation sites (N-methyl/N-ethyl adjacent to an activating group) is 1. The number of aromatic nitrogens is 1.